The molecule has 12 nitrogen and oxygen atoms in total. The minimum Gasteiger partial charge on any atom is -0.871 e. The number of carbonyl (C=O) groups is 4. The summed E-state index contributed by atoms with van der Waals surface area (Å²) in [6.45, 7) is -2.61. The molecule has 3 aromatic carbocycles. The molecule has 6 atom stereocenters. The van der Waals surface area contributed by atoms with E-state index in [0.29, 0.717) is 7.14 Å². The average Bonchev–Trinajstić information content (AvgIpc) is 3.14. The summed E-state index contributed by atoms with van der Waals surface area (Å²) in [6, 6.07) is 12.7. The fourth-order valence-electron chi connectivity index (χ4n) is 7.17. The van der Waals surface area contributed by atoms with Crippen LogP contribution in [0.25, 0.3) is 0 Å². The van der Waals surface area contributed by atoms with Crippen molar-refractivity contribution in [2.45, 2.75) is 17.1 Å². The van der Waals surface area contributed by atoms with Crippen LogP contribution in [0.4, 0.5) is 8.78 Å². The Kier molecular flexibility index (Phi) is 12.8. The second-order valence-electron chi connectivity index (χ2n) is 12.6. The smallest absolute Gasteiger partial charge is 0.367 e. The molecule has 290 valence electrons. The lowest BCUT2D eigenvalue weighted by Crippen LogP contribution is -2.54. The number of hydrogen-bond donors (Lipinski definition) is 0. The van der Waals surface area contributed by atoms with E-state index in [1.54, 1.807) is 45.2 Å². The van der Waals surface area contributed by atoms with Crippen molar-refractivity contribution in [3.8, 4) is 11.5 Å². The van der Waals surface area contributed by atoms with Crippen molar-refractivity contribution in [1.82, 2.24) is 0 Å². The molecule has 3 aromatic rings. The number of esters is 4. The molecule has 19 heteroatoms. The maximum atomic E-state index is 14.4. The summed E-state index contributed by atoms with van der Waals surface area (Å²) in [6.07, 6.45) is 7.77. The summed E-state index contributed by atoms with van der Waals surface area (Å²) in [4.78, 5) is 53.8. The van der Waals surface area contributed by atoms with Gasteiger partial charge in [0, 0.05) is 19.0 Å². The van der Waals surface area contributed by atoms with Crippen molar-refractivity contribution in [3.05, 3.63) is 109 Å². The first kappa shape index (κ1) is 42.1. The third-order valence-electron chi connectivity index (χ3n) is 9.44. The minimum absolute atomic E-state index is 0.00828. The molecule has 7 rings (SSSR count). The van der Waals surface area contributed by atoms with Crippen LogP contribution in [0.1, 0.15) is 43.7 Å². The number of fused-ring (bicyclic) bond motifs is 1. The molecule has 6 unspecified atom stereocenters. The minimum atomic E-state index is -6.08. The number of allylic oxidation sites excluding steroid dienone is 4. The van der Waals surface area contributed by atoms with Gasteiger partial charge >= 0.3 is 29.1 Å². The fraction of sp³-hybridized carbons (Fsp3) is 0.278. The first-order valence-electron chi connectivity index (χ1n) is 16.1. The molecule has 55 heavy (non-hydrogen) atoms. The van der Waals surface area contributed by atoms with Gasteiger partial charge in [-0.1, -0.05) is 54.3 Å². The Bertz CT molecular complexity index is 2220. The van der Waals surface area contributed by atoms with Gasteiger partial charge < -0.3 is 28.6 Å². The van der Waals surface area contributed by atoms with Gasteiger partial charge in [0.15, 0.2) is 22.5 Å². The van der Waals surface area contributed by atoms with Gasteiger partial charge in [0.25, 0.3) is 0 Å². The predicted octanol–water partition coefficient (Wildman–Crippen LogP) is 6.26. The molecule has 0 radical (unpaired) electrons. The van der Waals surface area contributed by atoms with Gasteiger partial charge in [-0.2, -0.15) is 8.78 Å². The summed E-state index contributed by atoms with van der Waals surface area (Å²) in [7, 11) is -6.08. The number of alkyl halides is 2. The number of hydrogen-bond acceptors (Lipinski definition) is 12. The zero-order valence-electron chi connectivity index (χ0n) is 27.6. The highest BCUT2D eigenvalue weighted by Gasteiger charge is 2.61. The Morgan fingerprint density at radius 2 is 1.16 bits per heavy atom. The summed E-state index contributed by atoms with van der Waals surface area (Å²) >= 11 is 7.18. The van der Waals surface area contributed by atoms with E-state index in [2.05, 4.69) is 4.74 Å². The van der Waals surface area contributed by atoms with E-state index < -0.39 is 69.5 Å². The number of halogens is 6. The molecular formula is C36H24F2I4O12S-2. The molecule has 0 aliphatic heterocycles. The summed E-state index contributed by atoms with van der Waals surface area (Å²) in [5.74, 6) is -7.18. The van der Waals surface area contributed by atoms with Crippen LogP contribution >= 0.6 is 90.4 Å². The van der Waals surface area contributed by atoms with Crippen LogP contribution in [-0.2, 0) is 33.9 Å². The summed E-state index contributed by atoms with van der Waals surface area (Å²) in [5.41, 5.74) is 1.65. The van der Waals surface area contributed by atoms with Crippen molar-refractivity contribution >= 4 is 124 Å². The van der Waals surface area contributed by atoms with E-state index >= 15 is 0 Å². The molecule has 0 saturated heterocycles. The summed E-state index contributed by atoms with van der Waals surface area (Å²) < 4.78 is 82.1. The number of benzene rings is 3. The molecule has 4 aliphatic carbocycles. The fourth-order valence-corrected chi connectivity index (χ4v) is 11.1. The Hall–Kier alpha value is -2.49. The first-order chi connectivity index (χ1) is 25.9. The van der Waals surface area contributed by atoms with Gasteiger partial charge in [-0.25, -0.2) is 18.0 Å². The molecular weight excluding hydrogens is 1200 g/mol. The van der Waals surface area contributed by atoms with Crippen LogP contribution in [0, 0.1) is 38.0 Å². The van der Waals surface area contributed by atoms with Crippen molar-refractivity contribution < 1.29 is 65.0 Å². The second-order valence-corrected chi connectivity index (χ2v) is 18.7. The largest absolute Gasteiger partial charge is 0.871 e. The van der Waals surface area contributed by atoms with Gasteiger partial charge in [-0.15, -0.1) is 0 Å². The van der Waals surface area contributed by atoms with Crippen molar-refractivity contribution in [3.63, 3.8) is 0 Å². The topological polar surface area (TPSA) is 185 Å². The zero-order chi connectivity index (χ0) is 40.0. The van der Waals surface area contributed by atoms with E-state index in [0.717, 1.165) is 11.1 Å². The van der Waals surface area contributed by atoms with Crippen molar-refractivity contribution in [1.29, 1.82) is 0 Å². The highest BCUT2D eigenvalue weighted by Crippen LogP contribution is 2.62. The van der Waals surface area contributed by atoms with Crippen LogP contribution in [0.15, 0.2) is 72.8 Å². The Morgan fingerprint density at radius 3 is 1.67 bits per heavy atom. The predicted molar refractivity (Wildman–Crippen MR) is 219 cm³/mol. The lowest BCUT2D eigenvalue weighted by atomic mass is 9.48. The maximum Gasteiger partial charge on any atom is 0.367 e. The molecule has 2 bridgehead atoms. The highest BCUT2D eigenvalue weighted by molar-refractivity contribution is 14.1. The molecule has 0 N–H and O–H groups in total. The molecule has 1 fully saturated rings. The molecule has 4 aliphatic rings. The van der Waals surface area contributed by atoms with E-state index in [1.165, 1.54) is 24.3 Å². The molecule has 0 amide bonds. The Labute approximate surface area is 367 Å². The molecule has 1 saturated carbocycles. The van der Waals surface area contributed by atoms with Crippen molar-refractivity contribution in [2.24, 2.45) is 23.7 Å². The van der Waals surface area contributed by atoms with Crippen molar-refractivity contribution in [2.75, 3.05) is 19.8 Å². The normalized spacial score (nSPS) is 22.3. The monoisotopic (exact) mass is 1230 g/mol. The van der Waals surface area contributed by atoms with E-state index in [9.17, 15) is 46.0 Å². The molecule has 0 spiro atoms. The van der Waals surface area contributed by atoms with Crippen LogP contribution in [0.2, 0.25) is 0 Å². The van der Waals surface area contributed by atoms with Gasteiger partial charge in [-0.3, -0.25) is 9.59 Å². The standard InChI is InChI=1S/C36H26F2I4O12S/c37-36(38,55(48,49)50)15-53-33(45)17-13-24(41)31(25(42)14-17)54-35(47)29-27-20-7-3-1-5-18(20)26(19-6-2-4-8-21(19)27)28(29)34(46)52-10-9-51-32(44)16-11-22(39)30(43)23(40)12-16/h1-8,11-14,18,20,26-29,43H,9-10,15H2,(H,48,49,50)/p-2. The Balaban J connectivity index is 1.24. The average molecular weight is 1230 g/mol. The zero-order valence-corrected chi connectivity index (χ0v) is 37.0. The quantitative estimate of drug-likeness (QED) is 0.0525. The molecule has 0 heterocycles. The highest BCUT2D eigenvalue weighted by atomic mass is 127. The molecule has 0 aromatic heterocycles. The lowest BCUT2D eigenvalue weighted by molar-refractivity contribution is -0.271. The Morgan fingerprint density at radius 1 is 0.709 bits per heavy atom. The lowest BCUT2D eigenvalue weighted by Gasteiger charge is -2.54. The van der Waals surface area contributed by atoms with Gasteiger partial charge in [0.2, 0.25) is 0 Å². The third kappa shape index (κ3) is 8.55. The number of rotatable bonds is 11. The first-order valence-corrected chi connectivity index (χ1v) is 21.8. The van der Waals surface area contributed by atoms with Gasteiger partial charge in [0.05, 0.1) is 30.1 Å². The number of carbonyl (C=O) groups excluding carboxylic acids is 4. The van der Waals surface area contributed by atoms with Gasteiger partial charge in [0.1, 0.15) is 13.2 Å². The van der Waals surface area contributed by atoms with Gasteiger partial charge in [-0.05, 0) is 138 Å². The van der Waals surface area contributed by atoms with Crippen LogP contribution in [-0.4, -0.2) is 61.9 Å². The van der Waals surface area contributed by atoms with E-state index in [4.69, 9.17) is 14.2 Å². The SMILES string of the molecule is O=C(OCCOC(=O)C1C(C(=O)Oc2c(I)cc(C(=O)OCC(F)(F)S(=O)(=O)[O-])cc2I)C2c3ccccc3C1C1C=CC=CC12)c1cc(I)c([O-])c(I)c1. The number of ether oxygens (including phenoxy) is 4. The van der Waals surface area contributed by atoms with E-state index in [1.807, 2.05) is 93.8 Å². The second kappa shape index (κ2) is 16.8. The third-order valence-corrected chi connectivity index (χ3v) is 13.5. The maximum absolute atomic E-state index is 14.4. The summed E-state index contributed by atoms with van der Waals surface area (Å²) in [5, 5.41) is 7.20. The van der Waals surface area contributed by atoms with Crippen LogP contribution in [0.5, 0.6) is 11.5 Å². The van der Waals surface area contributed by atoms with Crippen LogP contribution in [0.3, 0.4) is 0 Å². The van der Waals surface area contributed by atoms with E-state index in [-0.39, 0.29) is 54.8 Å². The van der Waals surface area contributed by atoms with Crippen LogP contribution < -0.4 is 9.84 Å².